The maximum Gasteiger partial charge on any atom is 0.404 e. The molecule has 1 fully saturated rings. The molecule has 40 heavy (non-hydrogen) atoms. The highest BCUT2D eigenvalue weighted by Gasteiger charge is 2.42. The van der Waals surface area contributed by atoms with Gasteiger partial charge in [-0.3, -0.25) is 4.79 Å². The van der Waals surface area contributed by atoms with Crippen LogP contribution in [0.3, 0.4) is 0 Å². The van der Waals surface area contributed by atoms with Gasteiger partial charge in [0, 0.05) is 42.7 Å². The summed E-state index contributed by atoms with van der Waals surface area (Å²) in [5, 5.41) is 24.6. The van der Waals surface area contributed by atoms with E-state index in [1.54, 1.807) is 0 Å². The summed E-state index contributed by atoms with van der Waals surface area (Å²) in [4.78, 5) is 26.3. The van der Waals surface area contributed by atoms with Crippen molar-refractivity contribution >= 4 is 23.6 Å². The van der Waals surface area contributed by atoms with Crippen LogP contribution in [0.1, 0.15) is 47.9 Å². The van der Waals surface area contributed by atoms with Crippen molar-refractivity contribution in [3.63, 3.8) is 0 Å². The third-order valence-electron chi connectivity index (χ3n) is 7.83. The first-order chi connectivity index (χ1) is 19.2. The molecule has 0 unspecified atom stereocenters. The van der Waals surface area contributed by atoms with Crippen molar-refractivity contribution in [1.82, 2.24) is 10.2 Å². The monoisotopic (exact) mass is 563 g/mol. The Balaban J connectivity index is 1.66. The number of hydrogen-bond donors (Lipinski definition) is 4. The third-order valence-corrected chi connectivity index (χ3v) is 8.14. The summed E-state index contributed by atoms with van der Waals surface area (Å²) in [5.74, 6) is -0.244. The molecule has 1 aliphatic rings. The fourth-order valence-corrected chi connectivity index (χ4v) is 6.12. The number of halogens is 1. The molecule has 0 radical (unpaired) electrons. The van der Waals surface area contributed by atoms with Crippen LogP contribution in [0.5, 0.6) is 0 Å². The molecule has 1 saturated heterocycles. The van der Waals surface area contributed by atoms with Gasteiger partial charge < -0.3 is 26.2 Å². The zero-order chi connectivity index (χ0) is 28.7. The molecule has 1 aliphatic heterocycles. The van der Waals surface area contributed by atoms with Crippen molar-refractivity contribution in [2.75, 3.05) is 19.6 Å². The molecule has 2 amide bonds. The number of aliphatic hydroxyl groups is 1. The van der Waals surface area contributed by atoms with Crippen molar-refractivity contribution < 1.29 is 19.8 Å². The molecule has 0 saturated carbocycles. The first-order valence-electron chi connectivity index (χ1n) is 13.8. The first-order valence-corrected chi connectivity index (χ1v) is 14.2. The van der Waals surface area contributed by atoms with E-state index >= 15 is 0 Å². The number of piperidine rings is 1. The normalized spacial score (nSPS) is 16.8. The molecule has 212 valence electrons. The second kappa shape index (κ2) is 13.3. The number of likely N-dealkylation sites (tertiary alicyclic amines) is 1. The van der Waals surface area contributed by atoms with Gasteiger partial charge in [-0.1, -0.05) is 77.8 Å². The van der Waals surface area contributed by atoms with E-state index in [2.05, 4.69) is 5.32 Å². The van der Waals surface area contributed by atoms with Crippen LogP contribution in [0.15, 0.2) is 66.7 Å². The van der Waals surface area contributed by atoms with Crippen molar-refractivity contribution in [3.8, 4) is 11.1 Å². The Kier molecular flexibility index (Phi) is 9.85. The minimum Gasteiger partial charge on any atom is -0.465 e. The molecule has 0 bridgehead atoms. The number of carboxylic acid groups (broad SMARTS) is 1. The summed E-state index contributed by atoms with van der Waals surface area (Å²) < 4.78 is 0. The van der Waals surface area contributed by atoms with Gasteiger partial charge in [-0.05, 0) is 60.9 Å². The summed E-state index contributed by atoms with van der Waals surface area (Å²) in [5.41, 5.74) is 9.81. The van der Waals surface area contributed by atoms with Crippen LogP contribution in [0.4, 0.5) is 4.79 Å². The molecular formula is C32H38ClN3O4. The lowest BCUT2D eigenvalue weighted by atomic mass is 9.72. The lowest BCUT2D eigenvalue weighted by Gasteiger charge is -2.44. The Morgan fingerprint density at radius 2 is 1.85 bits per heavy atom. The number of nitrogens with zero attached hydrogens (tertiary/aromatic N) is 1. The fraction of sp³-hybridized carbons (Fsp3) is 0.375. The van der Waals surface area contributed by atoms with Crippen molar-refractivity contribution in [2.45, 2.75) is 51.2 Å². The van der Waals surface area contributed by atoms with Crippen LogP contribution in [-0.2, 0) is 23.4 Å². The number of aryl methyl sites for hydroxylation is 1. The van der Waals surface area contributed by atoms with Gasteiger partial charge in [0.1, 0.15) is 0 Å². The highest BCUT2D eigenvalue weighted by Crippen LogP contribution is 2.45. The Morgan fingerprint density at radius 3 is 2.60 bits per heavy atom. The van der Waals surface area contributed by atoms with E-state index < -0.39 is 11.7 Å². The van der Waals surface area contributed by atoms with Crippen molar-refractivity contribution in [1.29, 1.82) is 0 Å². The summed E-state index contributed by atoms with van der Waals surface area (Å²) in [6, 6.07) is 21.3. The Labute approximate surface area is 241 Å². The number of amides is 2. The van der Waals surface area contributed by atoms with Gasteiger partial charge in [0.25, 0.3) is 0 Å². The van der Waals surface area contributed by atoms with E-state index in [1.807, 2.05) is 78.6 Å². The number of rotatable bonds is 10. The van der Waals surface area contributed by atoms with E-state index in [0.717, 1.165) is 40.7 Å². The molecule has 0 aliphatic carbocycles. The van der Waals surface area contributed by atoms with Gasteiger partial charge in [0.15, 0.2) is 0 Å². The van der Waals surface area contributed by atoms with Gasteiger partial charge in [-0.25, -0.2) is 4.79 Å². The van der Waals surface area contributed by atoms with Crippen LogP contribution < -0.4 is 11.1 Å². The van der Waals surface area contributed by atoms with Gasteiger partial charge in [0.05, 0.1) is 12.0 Å². The largest absolute Gasteiger partial charge is 0.465 e. The molecule has 3 aromatic carbocycles. The summed E-state index contributed by atoms with van der Waals surface area (Å²) in [7, 11) is 0. The number of benzene rings is 3. The van der Waals surface area contributed by atoms with Gasteiger partial charge in [-0.15, -0.1) is 0 Å². The van der Waals surface area contributed by atoms with Crippen LogP contribution in [-0.4, -0.2) is 46.7 Å². The maximum absolute atomic E-state index is 13.4. The molecule has 2 atom stereocenters. The Hall–Kier alpha value is -3.39. The molecule has 5 N–H and O–H groups in total. The zero-order valence-electron chi connectivity index (χ0n) is 22.9. The summed E-state index contributed by atoms with van der Waals surface area (Å²) in [6.45, 7) is 3.67. The Bertz CT molecular complexity index is 1350. The first kappa shape index (κ1) is 29.6. The quantitative estimate of drug-likeness (QED) is 0.243. The second-order valence-corrected chi connectivity index (χ2v) is 11.1. The third kappa shape index (κ3) is 7.02. The topological polar surface area (TPSA) is 116 Å². The van der Waals surface area contributed by atoms with Gasteiger partial charge in [-0.2, -0.15) is 0 Å². The molecule has 3 aromatic rings. The van der Waals surface area contributed by atoms with E-state index in [9.17, 15) is 14.7 Å². The zero-order valence-corrected chi connectivity index (χ0v) is 23.7. The SMILES string of the molecule is Cc1cccc(-c2c(Cl)cccc2[C@](O)(CCCNC(=O)O)[C@@H]2CCCN(C(=O)Cc3cccc(CN)c3)C2)c1. The molecule has 8 heteroatoms. The number of carbonyl (C=O) groups is 2. The number of nitrogens with two attached hydrogens (primary N) is 1. The number of hydrogen-bond acceptors (Lipinski definition) is 4. The van der Waals surface area contributed by atoms with Crippen LogP contribution in [0.2, 0.25) is 5.02 Å². The summed E-state index contributed by atoms with van der Waals surface area (Å²) >= 11 is 6.78. The lowest BCUT2D eigenvalue weighted by Crippen LogP contribution is -2.49. The molecule has 0 aromatic heterocycles. The maximum atomic E-state index is 13.4. The second-order valence-electron chi connectivity index (χ2n) is 10.7. The van der Waals surface area contributed by atoms with Crippen LogP contribution >= 0.6 is 11.6 Å². The van der Waals surface area contributed by atoms with E-state index in [0.29, 0.717) is 43.1 Å². The minimum absolute atomic E-state index is 0.0127. The predicted octanol–water partition coefficient (Wildman–Crippen LogP) is 5.49. The standard InChI is InChI=1S/C32H38ClN3O4/c1-22-7-2-10-25(17-22)30-27(12-4-13-28(30)33)32(40,14-6-15-35-31(38)39)26-11-5-16-36(21-26)29(37)19-23-8-3-9-24(18-23)20-34/h2-4,7-10,12-13,17-18,26,35,40H,5-6,11,14-16,19-21,34H2,1H3,(H,38,39)/t26-,32+/m1/s1. The van der Waals surface area contributed by atoms with Gasteiger partial charge >= 0.3 is 6.09 Å². The predicted molar refractivity (Wildman–Crippen MR) is 158 cm³/mol. The van der Waals surface area contributed by atoms with E-state index in [1.165, 1.54) is 0 Å². The molecule has 1 heterocycles. The highest BCUT2D eigenvalue weighted by atomic mass is 35.5. The molecular weight excluding hydrogens is 526 g/mol. The minimum atomic E-state index is -1.33. The summed E-state index contributed by atoms with van der Waals surface area (Å²) in [6.07, 6.45) is 1.41. The van der Waals surface area contributed by atoms with Crippen molar-refractivity contribution in [3.05, 3.63) is 94.0 Å². The van der Waals surface area contributed by atoms with Gasteiger partial charge in [0.2, 0.25) is 5.91 Å². The average Bonchev–Trinajstić information content (AvgIpc) is 2.95. The molecule has 7 nitrogen and oxygen atoms in total. The van der Waals surface area contributed by atoms with Crippen molar-refractivity contribution in [2.24, 2.45) is 11.7 Å². The van der Waals surface area contributed by atoms with E-state index in [4.69, 9.17) is 22.4 Å². The number of nitrogens with one attached hydrogen (secondary N) is 1. The lowest BCUT2D eigenvalue weighted by molar-refractivity contribution is -0.136. The fourth-order valence-electron chi connectivity index (χ4n) is 5.84. The van der Waals surface area contributed by atoms with E-state index in [-0.39, 0.29) is 24.8 Å². The average molecular weight is 564 g/mol. The van der Waals surface area contributed by atoms with Crippen LogP contribution in [0.25, 0.3) is 11.1 Å². The number of carbonyl (C=O) groups excluding carboxylic acids is 1. The molecule has 4 rings (SSSR count). The smallest absolute Gasteiger partial charge is 0.404 e. The highest BCUT2D eigenvalue weighted by molar-refractivity contribution is 6.33. The molecule has 0 spiro atoms. The Morgan fingerprint density at radius 1 is 1.10 bits per heavy atom. The van der Waals surface area contributed by atoms with Crippen LogP contribution in [0, 0.1) is 12.8 Å².